The van der Waals surface area contributed by atoms with Gasteiger partial charge in [0.25, 0.3) is 0 Å². The third-order valence-corrected chi connectivity index (χ3v) is 4.08. The zero-order valence-electron chi connectivity index (χ0n) is 15.6. The molecule has 2 rings (SSSR count). The van der Waals surface area contributed by atoms with E-state index in [1.54, 1.807) is 6.07 Å². The lowest BCUT2D eigenvalue weighted by molar-refractivity contribution is 0.0992. The fourth-order valence-electron chi connectivity index (χ4n) is 2.79. The van der Waals surface area contributed by atoms with Gasteiger partial charge in [0.05, 0.1) is 12.8 Å². The summed E-state index contributed by atoms with van der Waals surface area (Å²) in [6.07, 6.45) is 2.09. The van der Waals surface area contributed by atoms with Gasteiger partial charge in [0.1, 0.15) is 0 Å². The molecule has 0 spiro atoms. The molecule has 0 aliphatic carbocycles. The van der Waals surface area contributed by atoms with E-state index < -0.39 is 0 Å². The molecule has 136 valence electrons. The van der Waals surface area contributed by atoms with E-state index in [9.17, 15) is 9.90 Å². The largest absolute Gasteiger partial charge is 0.504 e. The molecule has 2 aromatic carbocycles. The number of methoxy groups -OCH3 is 1. The van der Waals surface area contributed by atoms with Crippen LogP contribution in [0.5, 0.6) is 11.5 Å². The number of nitrogens with zero attached hydrogens (tertiary/aromatic N) is 1. The number of hydrogen-bond acceptors (Lipinski definition) is 4. The van der Waals surface area contributed by atoms with Crippen molar-refractivity contribution < 1.29 is 14.6 Å². The Balaban J connectivity index is 2.43. The summed E-state index contributed by atoms with van der Waals surface area (Å²) in [5.41, 5.74) is 3.33. The van der Waals surface area contributed by atoms with Gasteiger partial charge in [0, 0.05) is 23.3 Å². The quantitative estimate of drug-likeness (QED) is 0.534. The molecule has 0 aromatic heterocycles. The van der Waals surface area contributed by atoms with Gasteiger partial charge in [-0.05, 0) is 31.0 Å². The Morgan fingerprint density at radius 3 is 2.50 bits per heavy atom. The number of ketones is 1. The van der Waals surface area contributed by atoms with Gasteiger partial charge in [-0.3, -0.25) is 9.79 Å². The highest BCUT2D eigenvalue weighted by Gasteiger charge is 2.18. The van der Waals surface area contributed by atoms with E-state index in [0.717, 1.165) is 24.1 Å². The molecule has 26 heavy (non-hydrogen) atoms. The van der Waals surface area contributed by atoms with Crippen molar-refractivity contribution in [1.29, 1.82) is 0 Å². The minimum absolute atomic E-state index is 0.0743. The number of Topliss-reactive ketones (excluding diaryl/α,β-unsaturated/α-hetero) is 1. The van der Waals surface area contributed by atoms with Crippen LogP contribution in [-0.4, -0.2) is 23.7 Å². The summed E-state index contributed by atoms with van der Waals surface area (Å²) in [5, 5.41) is 10.1. The van der Waals surface area contributed by atoms with E-state index in [2.05, 4.69) is 18.5 Å². The number of carbonyl (C=O) groups excluding carboxylic acids is 1. The highest BCUT2D eigenvalue weighted by atomic mass is 16.5. The molecule has 0 unspecified atom stereocenters. The van der Waals surface area contributed by atoms with Gasteiger partial charge in [-0.2, -0.15) is 0 Å². The normalized spacial score (nSPS) is 11.3. The van der Waals surface area contributed by atoms with E-state index in [-0.39, 0.29) is 18.0 Å². The number of aliphatic imine (C=N–C) groups is 1. The maximum Gasteiger partial charge on any atom is 0.168 e. The number of hydrogen-bond donors (Lipinski definition) is 1. The van der Waals surface area contributed by atoms with Crippen molar-refractivity contribution in [3.63, 3.8) is 0 Å². The fourth-order valence-corrected chi connectivity index (χ4v) is 2.79. The average molecular weight is 351 g/mol. The van der Waals surface area contributed by atoms with Crippen LogP contribution in [0, 0.1) is 0 Å². The number of carbonyl (C=O) groups is 1. The van der Waals surface area contributed by atoms with E-state index >= 15 is 0 Å². The Morgan fingerprint density at radius 2 is 1.88 bits per heavy atom. The van der Waals surface area contributed by atoms with Crippen molar-refractivity contribution in [1.82, 2.24) is 0 Å². The van der Waals surface area contributed by atoms with Crippen LogP contribution in [0.2, 0.25) is 0 Å². The van der Waals surface area contributed by atoms with E-state index in [4.69, 9.17) is 4.74 Å². The summed E-state index contributed by atoms with van der Waals surface area (Å²) < 4.78 is 5.19. The maximum atomic E-state index is 12.9. The minimum Gasteiger partial charge on any atom is -0.504 e. The van der Waals surface area contributed by atoms with Gasteiger partial charge in [-0.15, -0.1) is 0 Å². The van der Waals surface area contributed by atoms with Crippen LogP contribution in [0.3, 0.4) is 0 Å². The standard InChI is InChI=1S/C22H25NO3/c1-5-9-15(2)23-16(3)18-14-22(26-4)21(25)13-19(18)20(24)12-17-10-7-6-8-11-17/h6-8,10-11,13-14,25H,3,5,9,12H2,1-2,4H3. The monoisotopic (exact) mass is 351 g/mol. The molecule has 0 aliphatic heterocycles. The molecule has 0 amide bonds. The molecule has 0 saturated carbocycles. The number of aromatic hydroxyl groups is 1. The lowest BCUT2D eigenvalue weighted by Crippen LogP contribution is -2.07. The van der Waals surface area contributed by atoms with Crippen LogP contribution >= 0.6 is 0 Å². The number of benzene rings is 2. The molecule has 1 N–H and O–H groups in total. The van der Waals surface area contributed by atoms with Crippen molar-refractivity contribution in [3.8, 4) is 11.5 Å². The van der Waals surface area contributed by atoms with Crippen LogP contribution in [0.15, 0.2) is 54.0 Å². The zero-order chi connectivity index (χ0) is 19.1. The topological polar surface area (TPSA) is 58.9 Å². The van der Waals surface area contributed by atoms with Gasteiger partial charge < -0.3 is 9.84 Å². The van der Waals surface area contributed by atoms with E-state index in [1.807, 2.05) is 37.3 Å². The van der Waals surface area contributed by atoms with Crippen molar-refractivity contribution >= 4 is 17.2 Å². The summed E-state index contributed by atoms with van der Waals surface area (Å²) in [6, 6.07) is 12.6. The molecule has 0 heterocycles. The Kier molecular flexibility index (Phi) is 6.73. The summed E-state index contributed by atoms with van der Waals surface area (Å²) in [4.78, 5) is 17.4. The number of phenols is 1. The molecule has 0 bridgehead atoms. The molecular formula is C22H25NO3. The Bertz CT molecular complexity index is 823. The van der Waals surface area contributed by atoms with Gasteiger partial charge in [-0.1, -0.05) is 50.3 Å². The van der Waals surface area contributed by atoms with Crippen molar-refractivity contribution in [2.75, 3.05) is 7.11 Å². The van der Waals surface area contributed by atoms with Gasteiger partial charge in [-0.25, -0.2) is 0 Å². The van der Waals surface area contributed by atoms with Crippen LogP contribution in [-0.2, 0) is 6.42 Å². The average Bonchev–Trinajstić information content (AvgIpc) is 2.62. The predicted octanol–water partition coefficient (Wildman–Crippen LogP) is 5.06. The SMILES string of the molecule is C=C(N=C(C)CCC)c1cc(OC)c(O)cc1C(=O)Cc1ccccc1. The summed E-state index contributed by atoms with van der Waals surface area (Å²) >= 11 is 0. The summed E-state index contributed by atoms with van der Waals surface area (Å²) in [6.45, 7) is 8.05. The van der Waals surface area contributed by atoms with Crippen molar-refractivity contribution in [2.45, 2.75) is 33.1 Å². The first-order valence-corrected chi connectivity index (χ1v) is 8.67. The molecule has 0 fully saturated rings. The molecular weight excluding hydrogens is 326 g/mol. The zero-order valence-corrected chi connectivity index (χ0v) is 15.6. The molecule has 0 saturated heterocycles. The maximum absolute atomic E-state index is 12.9. The molecule has 2 aromatic rings. The summed E-state index contributed by atoms with van der Waals surface area (Å²) in [7, 11) is 1.47. The fraction of sp³-hybridized carbons (Fsp3) is 0.273. The van der Waals surface area contributed by atoms with Crippen molar-refractivity contribution in [2.24, 2.45) is 4.99 Å². The molecule has 4 nitrogen and oxygen atoms in total. The second-order valence-corrected chi connectivity index (χ2v) is 6.20. The second-order valence-electron chi connectivity index (χ2n) is 6.20. The van der Waals surface area contributed by atoms with Gasteiger partial charge in [0.2, 0.25) is 0 Å². The highest BCUT2D eigenvalue weighted by Crippen LogP contribution is 2.33. The first-order chi connectivity index (χ1) is 12.5. The predicted molar refractivity (Wildman–Crippen MR) is 106 cm³/mol. The number of phenolic OH excluding ortho intramolecular Hbond substituents is 1. The Labute approximate surface area is 154 Å². The van der Waals surface area contributed by atoms with Crippen LogP contribution < -0.4 is 4.74 Å². The highest BCUT2D eigenvalue weighted by molar-refractivity contribution is 6.03. The van der Waals surface area contributed by atoms with E-state index in [0.29, 0.717) is 22.6 Å². The van der Waals surface area contributed by atoms with Gasteiger partial charge in [0.15, 0.2) is 17.3 Å². The van der Waals surface area contributed by atoms with Crippen LogP contribution in [0.1, 0.15) is 48.2 Å². The van der Waals surface area contributed by atoms with Crippen molar-refractivity contribution in [3.05, 3.63) is 65.7 Å². The minimum atomic E-state index is -0.103. The summed E-state index contributed by atoms with van der Waals surface area (Å²) in [5.74, 6) is 0.115. The first kappa shape index (κ1) is 19.4. The third kappa shape index (κ3) is 4.82. The molecule has 0 atom stereocenters. The third-order valence-electron chi connectivity index (χ3n) is 4.08. The van der Waals surface area contributed by atoms with Crippen LogP contribution in [0.25, 0.3) is 5.70 Å². The number of ether oxygens (including phenoxy) is 1. The Hall–Kier alpha value is -2.88. The van der Waals surface area contributed by atoms with E-state index in [1.165, 1.54) is 13.2 Å². The second kappa shape index (κ2) is 8.99. The molecule has 0 radical (unpaired) electrons. The molecule has 4 heteroatoms. The molecule has 0 aliphatic rings. The Morgan fingerprint density at radius 1 is 1.19 bits per heavy atom. The van der Waals surface area contributed by atoms with Gasteiger partial charge >= 0.3 is 0 Å². The lowest BCUT2D eigenvalue weighted by Gasteiger charge is -2.13. The smallest absolute Gasteiger partial charge is 0.168 e. The first-order valence-electron chi connectivity index (χ1n) is 8.67. The van der Waals surface area contributed by atoms with Crippen LogP contribution in [0.4, 0.5) is 0 Å². The lowest BCUT2D eigenvalue weighted by atomic mass is 9.96. The number of rotatable bonds is 8.